The van der Waals surface area contributed by atoms with Gasteiger partial charge in [0, 0.05) is 17.0 Å². The van der Waals surface area contributed by atoms with Gasteiger partial charge >= 0.3 is 0 Å². The monoisotopic (exact) mass is 293 g/mol. The van der Waals surface area contributed by atoms with E-state index in [0.717, 1.165) is 15.9 Å². The van der Waals surface area contributed by atoms with Crippen LogP contribution in [0.25, 0.3) is 0 Å². The minimum Gasteiger partial charge on any atom is -0.290 e. The van der Waals surface area contributed by atoms with Crippen LogP contribution in [0.1, 0.15) is 16.2 Å². The van der Waals surface area contributed by atoms with Crippen molar-refractivity contribution in [2.24, 2.45) is 7.05 Å². The molecule has 0 spiro atoms. The Labute approximate surface area is 109 Å². The van der Waals surface area contributed by atoms with Gasteiger partial charge < -0.3 is 0 Å². The summed E-state index contributed by atoms with van der Waals surface area (Å²) >= 11 is 3.36. The fourth-order valence-corrected chi connectivity index (χ4v) is 1.91. The van der Waals surface area contributed by atoms with Crippen LogP contribution in [0.3, 0.4) is 0 Å². The van der Waals surface area contributed by atoms with Crippen LogP contribution in [-0.2, 0) is 13.6 Å². The first-order chi connectivity index (χ1) is 8.08. The molecule has 88 valence electrons. The molecular formula is C13H14BrN2O+. The first-order valence-corrected chi connectivity index (χ1v) is 6.17. The number of aryl methyl sites for hydroxylation is 1. The predicted octanol–water partition coefficient (Wildman–Crippen LogP) is 2.27. The van der Waals surface area contributed by atoms with Crippen molar-refractivity contribution < 1.29 is 9.36 Å². The smallest absolute Gasteiger partial charge is 0.253 e. The van der Waals surface area contributed by atoms with E-state index in [0.29, 0.717) is 6.54 Å². The minimum absolute atomic E-state index is 0.122. The normalized spacial score (nSPS) is 10.5. The zero-order chi connectivity index (χ0) is 12.4. The Morgan fingerprint density at radius 1 is 1.35 bits per heavy atom. The largest absolute Gasteiger partial charge is 0.290 e. The number of hydrogen-bond donors (Lipinski definition) is 0. The van der Waals surface area contributed by atoms with E-state index in [-0.39, 0.29) is 5.78 Å². The molecule has 0 aliphatic rings. The van der Waals surface area contributed by atoms with Crippen molar-refractivity contribution >= 4 is 21.7 Å². The molecule has 0 bridgehead atoms. The molecule has 1 aromatic carbocycles. The standard InChI is InChI=1S/C13H14BrN2O/c1-10-15(2)7-8-16(10)9-13(17)11-3-5-12(14)6-4-11/h3-8H,9H2,1-2H3/q+1. The number of nitrogens with zero attached hydrogens (tertiary/aromatic N) is 2. The first-order valence-electron chi connectivity index (χ1n) is 5.38. The number of halogens is 1. The molecule has 1 aromatic heterocycles. The summed E-state index contributed by atoms with van der Waals surface area (Å²) in [6, 6.07) is 7.45. The zero-order valence-corrected chi connectivity index (χ0v) is 11.4. The molecule has 4 heteroatoms. The third kappa shape index (κ3) is 2.64. The van der Waals surface area contributed by atoms with Crippen molar-refractivity contribution in [3.63, 3.8) is 0 Å². The highest BCUT2D eigenvalue weighted by molar-refractivity contribution is 9.10. The number of hydrogen-bond acceptors (Lipinski definition) is 1. The molecule has 0 aliphatic heterocycles. The van der Waals surface area contributed by atoms with Crippen molar-refractivity contribution in [2.45, 2.75) is 13.5 Å². The van der Waals surface area contributed by atoms with Crippen LogP contribution in [0.2, 0.25) is 0 Å². The molecule has 17 heavy (non-hydrogen) atoms. The first kappa shape index (κ1) is 12.0. The van der Waals surface area contributed by atoms with Crippen LogP contribution in [0.5, 0.6) is 0 Å². The molecule has 0 radical (unpaired) electrons. The van der Waals surface area contributed by atoms with Crippen molar-refractivity contribution in [1.82, 2.24) is 4.57 Å². The lowest BCUT2D eigenvalue weighted by atomic mass is 10.1. The molecule has 0 saturated heterocycles. The van der Waals surface area contributed by atoms with Crippen LogP contribution in [0, 0.1) is 6.92 Å². The number of carbonyl (C=O) groups is 1. The fourth-order valence-electron chi connectivity index (χ4n) is 1.65. The highest BCUT2D eigenvalue weighted by atomic mass is 79.9. The number of ketones is 1. The number of rotatable bonds is 3. The quantitative estimate of drug-likeness (QED) is 0.630. The summed E-state index contributed by atoms with van der Waals surface area (Å²) in [7, 11) is 1.97. The highest BCUT2D eigenvalue weighted by Crippen LogP contribution is 2.11. The number of Topliss-reactive ketones (excluding diaryl/α,β-unsaturated/α-hetero) is 1. The summed E-state index contributed by atoms with van der Waals surface area (Å²) in [4.78, 5) is 12.0. The maximum Gasteiger partial charge on any atom is 0.253 e. The summed E-state index contributed by atoms with van der Waals surface area (Å²) in [6.07, 6.45) is 3.87. The van der Waals surface area contributed by atoms with Crippen molar-refractivity contribution in [1.29, 1.82) is 0 Å². The van der Waals surface area contributed by atoms with E-state index >= 15 is 0 Å². The maximum atomic E-state index is 12.0. The lowest BCUT2D eigenvalue weighted by Gasteiger charge is -2.00. The van der Waals surface area contributed by atoms with Gasteiger partial charge in [0.25, 0.3) is 5.82 Å². The van der Waals surface area contributed by atoms with Gasteiger partial charge in [-0.25, -0.2) is 9.13 Å². The highest BCUT2D eigenvalue weighted by Gasteiger charge is 2.14. The second kappa shape index (κ2) is 4.84. The van der Waals surface area contributed by atoms with Crippen molar-refractivity contribution in [3.8, 4) is 0 Å². The zero-order valence-electron chi connectivity index (χ0n) is 9.85. The van der Waals surface area contributed by atoms with Gasteiger partial charge in [0.15, 0.2) is 6.54 Å². The summed E-state index contributed by atoms with van der Waals surface area (Å²) in [6.45, 7) is 2.38. The molecule has 0 N–H and O–H groups in total. The summed E-state index contributed by atoms with van der Waals surface area (Å²) in [5.41, 5.74) is 0.740. The van der Waals surface area contributed by atoms with E-state index in [1.807, 2.05) is 59.8 Å². The van der Waals surface area contributed by atoms with E-state index in [9.17, 15) is 4.79 Å². The summed E-state index contributed by atoms with van der Waals surface area (Å²) in [5, 5.41) is 0. The summed E-state index contributed by atoms with van der Waals surface area (Å²) < 4.78 is 4.93. The molecule has 0 unspecified atom stereocenters. The van der Waals surface area contributed by atoms with Gasteiger partial charge in [-0.2, -0.15) is 0 Å². The SMILES string of the molecule is Cc1n(CC(=O)c2ccc(Br)cc2)cc[n+]1C. The van der Waals surface area contributed by atoms with Gasteiger partial charge in [-0.1, -0.05) is 28.1 Å². The second-order valence-corrected chi connectivity index (χ2v) is 4.93. The molecular weight excluding hydrogens is 280 g/mol. The molecule has 0 aliphatic carbocycles. The topological polar surface area (TPSA) is 25.9 Å². The van der Waals surface area contributed by atoms with Gasteiger partial charge in [-0.3, -0.25) is 4.79 Å². The number of imidazole rings is 1. The predicted molar refractivity (Wildman–Crippen MR) is 68.8 cm³/mol. The van der Waals surface area contributed by atoms with E-state index in [1.165, 1.54) is 0 Å². The average Bonchev–Trinajstić information content (AvgIpc) is 2.62. The number of aromatic nitrogens is 2. The molecule has 0 fully saturated rings. The van der Waals surface area contributed by atoms with Crippen LogP contribution < -0.4 is 4.57 Å². The number of carbonyl (C=O) groups excluding carboxylic acids is 1. The molecule has 3 nitrogen and oxygen atoms in total. The van der Waals surface area contributed by atoms with Crippen LogP contribution in [0.15, 0.2) is 41.1 Å². The third-order valence-electron chi connectivity index (χ3n) is 2.88. The van der Waals surface area contributed by atoms with Gasteiger partial charge in [-0.15, -0.1) is 0 Å². The Balaban J connectivity index is 2.17. The Morgan fingerprint density at radius 3 is 2.53 bits per heavy atom. The number of benzene rings is 1. The van der Waals surface area contributed by atoms with Gasteiger partial charge in [-0.05, 0) is 12.1 Å². The Kier molecular flexibility index (Phi) is 3.43. The van der Waals surface area contributed by atoms with Gasteiger partial charge in [0.2, 0.25) is 5.78 Å². The minimum atomic E-state index is 0.122. The van der Waals surface area contributed by atoms with Crippen molar-refractivity contribution in [3.05, 3.63) is 52.5 Å². The lowest BCUT2D eigenvalue weighted by Crippen LogP contribution is -2.30. The fraction of sp³-hybridized carbons (Fsp3) is 0.231. The van der Waals surface area contributed by atoms with E-state index in [4.69, 9.17) is 0 Å². The van der Waals surface area contributed by atoms with Crippen LogP contribution >= 0.6 is 15.9 Å². The van der Waals surface area contributed by atoms with Crippen LogP contribution in [0.4, 0.5) is 0 Å². The molecule has 2 rings (SSSR count). The molecule has 0 saturated carbocycles. The average molecular weight is 294 g/mol. The maximum absolute atomic E-state index is 12.0. The molecule has 2 aromatic rings. The molecule has 0 amide bonds. The van der Waals surface area contributed by atoms with E-state index in [1.54, 1.807) is 0 Å². The second-order valence-electron chi connectivity index (χ2n) is 4.01. The Bertz CT molecular complexity index is 543. The van der Waals surface area contributed by atoms with Crippen molar-refractivity contribution in [2.75, 3.05) is 0 Å². The van der Waals surface area contributed by atoms with E-state index < -0.39 is 0 Å². The molecule has 1 heterocycles. The van der Waals surface area contributed by atoms with Gasteiger partial charge in [0.1, 0.15) is 12.4 Å². The third-order valence-corrected chi connectivity index (χ3v) is 3.41. The Morgan fingerprint density at radius 2 is 2.00 bits per heavy atom. The lowest BCUT2D eigenvalue weighted by molar-refractivity contribution is -0.677. The van der Waals surface area contributed by atoms with Gasteiger partial charge in [0.05, 0.1) is 7.05 Å². The molecule has 0 atom stereocenters. The summed E-state index contributed by atoms with van der Waals surface area (Å²) in [5.74, 6) is 1.19. The van der Waals surface area contributed by atoms with E-state index in [2.05, 4.69) is 15.9 Å². The van der Waals surface area contributed by atoms with Crippen LogP contribution in [-0.4, -0.2) is 10.4 Å². The Hall–Kier alpha value is -1.42.